The first-order chi connectivity index (χ1) is 13.7. The van der Waals surface area contributed by atoms with Crippen LogP contribution in [0.1, 0.15) is 51.8 Å². The number of ether oxygens (including phenoxy) is 2. The molecule has 0 bridgehead atoms. The summed E-state index contributed by atoms with van der Waals surface area (Å²) in [7, 11) is 3.39. The second-order valence-electron chi connectivity index (χ2n) is 9.40. The maximum atomic E-state index is 5.49. The van der Waals surface area contributed by atoms with Crippen LogP contribution in [0.5, 0.6) is 11.5 Å². The normalized spacial score (nSPS) is 18.6. The Bertz CT molecular complexity index is 767. The first-order valence-electron chi connectivity index (χ1n) is 10.3. The molecule has 2 heterocycles. The number of methoxy groups -OCH3 is 2. The molecule has 1 saturated heterocycles. The molecule has 1 aliphatic heterocycles. The average molecular weight is 398 g/mol. The molecule has 0 amide bonds. The van der Waals surface area contributed by atoms with Crippen LogP contribution in [-0.4, -0.2) is 41.2 Å². The van der Waals surface area contributed by atoms with Gasteiger partial charge in [-0.25, -0.2) is 0 Å². The van der Waals surface area contributed by atoms with Crippen LogP contribution < -0.4 is 14.8 Å². The standard InChI is InChI=1S/C24H35N3O2/c1-23(2)14-20(15-24(3,4)26-23)27(17-19-9-7-8-10-25-19)16-18-11-21(28-5)13-22(12-18)29-6/h7-13,20,26H,14-17H2,1-6H3. The number of nitrogens with one attached hydrogen (secondary N) is 1. The summed E-state index contributed by atoms with van der Waals surface area (Å²) in [6, 6.07) is 12.7. The summed E-state index contributed by atoms with van der Waals surface area (Å²) in [6.07, 6.45) is 4.05. The molecule has 0 aliphatic carbocycles. The minimum Gasteiger partial charge on any atom is -0.497 e. The van der Waals surface area contributed by atoms with Gasteiger partial charge in [0.1, 0.15) is 11.5 Å². The lowest BCUT2D eigenvalue weighted by Gasteiger charge is -2.49. The zero-order valence-electron chi connectivity index (χ0n) is 18.7. The van der Waals surface area contributed by atoms with E-state index in [1.54, 1.807) is 14.2 Å². The van der Waals surface area contributed by atoms with Crippen LogP contribution in [0.3, 0.4) is 0 Å². The fraction of sp³-hybridized carbons (Fsp3) is 0.542. The van der Waals surface area contributed by atoms with E-state index in [1.165, 1.54) is 5.56 Å². The maximum Gasteiger partial charge on any atom is 0.122 e. The van der Waals surface area contributed by atoms with Gasteiger partial charge in [-0.3, -0.25) is 9.88 Å². The topological polar surface area (TPSA) is 46.6 Å². The smallest absolute Gasteiger partial charge is 0.122 e. The van der Waals surface area contributed by atoms with Crippen LogP contribution in [0.25, 0.3) is 0 Å². The number of hydrogen-bond donors (Lipinski definition) is 1. The third kappa shape index (κ3) is 5.94. The summed E-state index contributed by atoms with van der Waals surface area (Å²) in [5.41, 5.74) is 2.45. The van der Waals surface area contributed by atoms with E-state index >= 15 is 0 Å². The fourth-order valence-corrected chi connectivity index (χ4v) is 4.73. The predicted molar refractivity (Wildman–Crippen MR) is 117 cm³/mol. The lowest BCUT2D eigenvalue weighted by Crippen LogP contribution is -2.62. The molecule has 2 aromatic rings. The highest BCUT2D eigenvalue weighted by atomic mass is 16.5. The molecule has 1 aromatic carbocycles. The Morgan fingerprint density at radius 3 is 2.10 bits per heavy atom. The molecule has 3 rings (SSSR count). The largest absolute Gasteiger partial charge is 0.497 e. The highest BCUT2D eigenvalue weighted by molar-refractivity contribution is 5.38. The van der Waals surface area contributed by atoms with Crippen molar-refractivity contribution in [3.8, 4) is 11.5 Å². The van der Waals surface area contributed by atoms with Gasteiger partial charge in [-0.2, -0.15) is 0 Å². The third-order valence-corrected chi connectivity index (χ3v) is 5.57. The van der Waals surface area contributed by atoms with Crippen LogP contribution in [0.2, 0.25) is 0 Å². The van der Waals surface area contributed by atoms with Crippen LogP contribution in [-0.2, 0) is 13.1 Å². The van der Waals surface area contributed by atoms with Gasteiger partial charge in [-0.1, -0.05) is 6.07 Å². The van der Waals surface area contributed by atoms with Gasteiger partial charge in [-0.15, -0.1) is 0 Å². The van der Waals surface area contributed by atoms with Crippen molar-refractivity contribution in [2.24, 2.45) is 0 Å². The molecule has 158 valence electrons. The maximum absolute atomic E-state index is 5.49. The molecular formula is C24H35N3O2. The van der Waals surface area contributed by atoms with E-state index in [0.717, 1.165) is 43.1 Å². The lowest BCUT2D eigenvalue weighted by molar-refractivity contribution is 0.0555. The summed E-state index contributed by atoms with van der Waals surface area (Å²) >= 11 is 0. The van der Waals surface area contributed by atoms with Crippen LogP contribution in [0, 0.1) is 0 Å². The number of piperidine rings is 1. The molecule has 1 N–H and O–H groups in total. The van der Waals surface area contributed by atoms with Crippen molar-refractivity contribution in [3.63, 3.8) is 0 Å². The summed E-state index contributed by atoms with van der Waals surface area (Å²) in [5, 5.41) is 3.80. The fourth-order valence-electron chi connectivity index (χ4n) is 4.73. The van der Waals surface area contributed by atoms with Crippen molar-refractivity contribution in [2.45, 2.75) is 70.7 Å². The van der Waals surface area contributed by atoms with E-state index in [2.05, 4.69) is 67.2 Å². The summed E-state index contributed by atoms with van der Waals surface area (Å²) in [4.78, 5) is 7.14. The van der Waals surface area contributed by atoms with Crippen molar-refractivity contribution < 1.29 is 9.47 Å². The molecule has 1 aromatic heterocycles. The molecule has 5 nitrogen and oxygen atoms in total. The Labute approximate surface area is 175 Å². The molecule has 0 atom stereocenters. The zero-order chi connectivity index (χ0) is 21.1. The van der Waals surface area contributed by atoms with Crippen LogP contribution >= 0.6 is 0 Å². The van der Waals surface area contributed by atoms with Gasteiger partial charge in [0, 0.05) is 42.5 Å². The number of nitrogens with zero attached hydrogens (tertiary/aromatic N) is 2. The second-order valence-corrected chi connectivity index (χ2v) is 9.40. The summed E-state index contributed by atoms with van der Waals surface area (Å²) < 4.78 is 11.0. The number of benzene rings is 1. The highest BCUT2D eigenvalue weighted by Gasteiger charge is 2.40. The first kappa shape index (κ1) is 21.6. The minimum absolute atomic E-state index is 0.0842. The van der Waals surface area contributed by atoms with E-state index in [1.807, 2.05) is 18.3 Å². The van der Waals surface area contributed by atoms with Gasteiger partial charge < -0.3 is 14.8 Å². The molecule has 0 saturated carbocycles. The number of pyridine rings is 1. The minimum atomic E-state index is 0.0842. The zero-order valence-corrected chi connectivity index (χ0v) is 18.7. The van der Waals surface area contributed by atoms with Gasteiger partial charge in [0.15, 0.2) is 0 Å². The van der Waals surface area contributed by atoms with Gasteiger partial charge in [0.05, 0.1) is 19.9 Å². The van der Waals surface area contributed by atoms with Crippen molar-refractivity contribution in [2.75, 3.05) is 14.2 Å². The molecule has 1 aliphatic rings. The van der Waals surface area contributed by atoms with Crippen LogP contribution in [0.15, 0.2) is 42.6 Å². The molecule has 0 unspecified atom stereocenters. The van der Waals surface area contributed by atoms with Crippen molar-refractivity contribution in [1.82, 2.24) is 15.2 Å². The van der Waals surface area contributed by atoms with Crippen molar-refractivity contribution in [1.29, 1.82) is 0 Å². The Kier molecular flexibility index (Phi) is 6.49. The molecule has 5 heteroatoms. The number of rotatable bonds is 7. The molecule has 0 radical (unpaired) electrons. The Morgan fingerprint density at radius 1 is 0.966 bits per heavy atom. The van der Waals surface area contributed by atoms with E-state index in [9.17, 15) is 0 Å². The SMILES string of the molecule is COc1cc(CN(Cc2ccccn2)C2CC(C)(C)NC(C)(C)C2)cc(OC)c1. The lowest BCUT2D eigenvalue weighted by atomic mass is 9.79. The third-order valence-electron chi connectivity index (χ3n) is 5.57. The summed E-state index contributed by atoms with van der Waals surface area (Å²) in [6.45, 7) is 10.8. The van der Waals surface area contributed by atoms with E-state index in [-0.39, 0.29) is 11.1 Å². The number of aromatic nitrogens is 1. The van der Waals surface area contributed by atoms with Crippen molar-refractivity contribution in [3.05, 3.63) is 53.9 Å². The molecule has 0 spiro atoms. The first-order valence-corrected chi connectivity index (χ1v) is 10.3. The van der Waals surface area contributed by atoms with Gasteiger partial charge in [0.25, 0.3) is 0 Å². The van der Waals surface area contributed by atoms with Gasteiger partial charge in [0.2, 0.25) is 0 Å². The molecule has 29 heavy (non-hydrogen) atoms. The van der Waals surface area contributed by atoms with Crippen LogP contribution in [0.4, 0.5) is 0 Å². The Balaban J connectivity index is 1.91. The second kappa shape index (κ2) is 8.72. The number of hydrogen-bond acceptors (Lipinski definition) is 5. The van der Waals surface area contributed by atoms with Gasteiger partial charge >= 0.3 is 0 Å². The Hall–Kier alpha value is -2.11. The monoisotopic (exact) mass is 397 g/mol. The molecule has 1 fully saturated rings. The quantitative estimate of drug-likeness (QED) is 0.750. The summed E-state index contributed by atoms with van der Waals surface area (Å²) in [5.74, 6) is 1.64. The van der Waals surface area contributed by atoms with Gasteiger partial charge in [-0.05, 0) is 70.4 Å². The van der Waals surface area contributed by atoms with E-state index in [4.69, 9.17) is 9.47 Å². The highest BCUT2D eigenvalue weighted by Crippen LogP contribution is 2.33. The average Bonchev–Trinajstić information content (AvgIpc) is 2.65. The molecular weight excluding hydrogens is 362 g/mol. The van der Waals surface area contributed by atoms with Crippen molar-refractivity contribution >= 4 is 0 Å². The van der Waals surface area contributed by atoms with E-state index < -0.39 is 0 Å². The van der Waals surface area contributed by atoms with E-state index in [0.29, 0.717) is 6.04 Å². The predicted octanol–water partition coefficient (Wildman–Crippen LogP) is 4.41. The Morgan fingerprint density at radius 2 is 1.59 bits per heavy atom.